The molecule has 1 saturated heterocycles. The van der Waals surface area contributed by atoms with E-state index in [0.29, 0.717) is 5.92 Å². The Balaban J connectivity index is 1.60. The molecule has 1 aliphatic heterocycles. The van der Waals surface area contributed by atoms with Crippen LogP contribution < -0.4 is 5.32 Å². The van der Waals surface area contributed by atoms with Gasteiger partial charge in [0.2, 0.25) is 5.89 Å². The summed E-state index contributed by atoms with van der Waals surface area (Å²) in [5, 5.41) is 7.52. The number of hydrogen-bond acceptors (Lipinski definition) is 4. The van der Waals surface area contributed by atoms with E-state index < -0.39 is 0 Å². The smallest absolute Gasteiger partial charge is 0.234 e. The minimum absolute atomic E-state index is 0.290. The van der Waals surface area contributed by atoms with E-state index in [-0.39, 0.29) is 6.04 Å². The molecule has 4 nitrogen and oxygen atoms in total. The van der Waals surface area contributed by atoms with Crippen LogP contribution in [0.5, 0.6) is 0 Å². The summed E-state index contributed by atoms with van der Waals surface area (Å²) in [7, 11) is 0. The average Bonchev–Trinajstić information content (AvgIpc) is 3.00. The van der Waals surface area contributed by atoms with E-state index in [2.05, 4.69) is 39.7 Å². The lowest BCUT2D eigenvalue weighted by atomic mass is 9.77. The van der Waals surface area contributed by atoms with E-state index in [0.717, 1.165) is 31.1 Å². The molecule has 2 atom stereocenters. The van der Waals surface area contributed by atoms with Crippen molar-refractivity contribution in [1.29, 1.82) is 0 Å². The van der Waals surface area contributed by atoms with E-state index in [1.54, 1.807) is 0 Å². The van der Waals surface area contributed by atoms with Gasteiger partial charge >= 0.3 is 0 Å². The van der Waals surface area contributed by atoms with E-state index >= 15 is 0 Å². The molecule has 2 heterocycles. The van der Waals surface area contributed by atoms with Crippen LogP contribution >= 0.6 is 0 Å². The normalized spacial score (nSPS) is 25.8. The predicted octanol–water partition coefficient (Wildman–Crippen LogP) is 2.18. The van der Waals surface area contributed by atoms with E-state index in [4.69, 9.17) is 4.52 Å². The second-order valence-corrected chi connectivity index (χ2v) is 5.10. The molecule has 2 aliphatic rings. The molecule has 0 bridgehead atoms. The average molecular weight is 241 g/mol. The van der Waals surface area contributed by atoms with E-state index in [1.807, 2.05) is 0 Å². The first-order valence-electron chi connectivity index (χ1n) is 6.56. The molecular weight excluding hydrogens is 226 g/mol. The summed E-state index contributed by atoms with van der Waals surface area (Å²) in [6.45, 7) is 1.06. The Kier molecular flexibility index (Phi) is 2.23. The molecule has 0 amide bonds. The molecule has 0 saturated carbocycles. The first-order chi connectivity index (χ1) is 8.92. The maximum absolute atomic E-state index is 5.44. The Hall–Kier alpha value is -1.68. The van der Waals surface area contributed by atoms with Gasteiger partial charge in [0.05, 0.1) is 12.0 Å². The zero-order valence-electron chi connectivity index (χ0n) is 10.1. The van der Waals surface area contributed by atoms with Gasteiger partial charge in [0.1, 0.15) is 0 Å². The molecule has 1 fully saturated rings. The minimum atomic E-state index is 0.290. The molecule has 2 aromatic rings. The molecule has 1 aromatic carbocycles. The minimum Gasteiger partial charge on any atom is -0.339 e. The second kappa shape index (κ2) is 3.92. The maximum Gasteiger partial charge on any atom is 0.234 e. The molecule has 92 valence electrons. The summed E-state index contributed by atoms with van der Waals surface area (Å²) >= 11 is 0. The van der Waals surface area contributed by atoms with Crippen molar-refractivity contribution in [3.63, 3.8) is 0 Å². The third kappa shape index (κ3) is 1.49. The first kappa shape index (κ1) is 10.3. The molecule has 1 N–H and O–H groups in total. The molecule has 18 heavy (non-hydrogen) atoms. The number of benzene rings is 1. The van der Waals surface area contributed by atoms with Gasteiger partial charge in [-0.1, -0.05) is 29.4 Å². The van der Waals surface area contributed by atoms with E-state index in [1.165, 1.54) is 17.5 Å². The lowest BCUT2D eigenvalue weighted by molar-refractivity contribution is 0.348. The van der Waals surface area contributed by atoms with Crippen LogP contribution in [0, 0.1) is 0 Å². The number of fused-ring (bicyclic) bond motifs is 1. The van der Waals surface area contributed by atoms with Crippen molar-refractivity contribution in [2.45, 2.75) is 31.2 Å². The van der Waals surface area contributed by atoms with Gasteiger partial charge in [0, 0.05) is 0 Å². The Morgan fingerprint density at radius 2 is 2.22 bits per heavy atom. The number of aromatic nitrogens is 2. The number of rotatable bonds is 2. The van der Waals surface area contributed by atoms with Crippen LogP contribution in [-0.4, -0.2) is 16.7 Å². The van der Waals surface area contributed by atoms with Crippen LogP contribution in [0.1, 0.15) is 47.6 Å². The molecule has 0 radical (unpaired) electrons. The molecule has 0 spiro atoms. The highest BCUT2D eigenvalue weighted by Gasteiger charge is 2.32. The molecule has 1 aromatic heterocycles. The van der Waals surface area contributed by atoms with Crippen LogP contribution in [0.15, 0.2) is 28.8 Å². The van der Waals surface area contributed by atoms with Crippen molar-refractivity contribution >= 4 is 0 Å². The van der Waals surface area contributed by atoms with Crippen molar-refractivity contribution < 1.29 is 4.52 Å². The quantitative estimate of drug-likeness (QED) is 0.875. The maximum atomic E-state index is 5.44. The first-order valence-corrected chi connectivity index (χ1v) is 6.56. The summed E-state index contributed by atoms with van der Waals surface area (Å²) < 4.78 is 5.44. The summed E-state index contributed by atoms with van der Waals surface area (Å²) in [6.07, 6.45) is 3.33. The lowest BCUT2D eigenvalue weighted by Gasteiger charge is -2.26. The van der Waals surface area contributed by atoms with E-state index in [9.17, 15) is 0 Å². The van der Waals surface area contributed by atoms with Crippen LogP contribution in [0.2, 0.25) is 0 Å². The standard InChI is InChI=1S/C14H15N3O/c1-2-5-10-9(4-1)8-11(10)14-16-13(17-18-14)12-6-3-7-15-12/h1-2,4-5,11-12,15H,3,6-8H2. The van der Waals surface area contributed by atoms with Gasteiger partial charge in [-0.15, -0.1) is 0 Å². The SMILES string of the molecule is c1ccc2c(c1)CC2c1nc(C2CCCN2)no1. The molecule has 2 unspecified atom stereocenters. The van der Waals surface area contributed by atoms with Gasteiger partial charge in [-0.05, 0) is 36.9 Å². The van der Waals surface area contributed by atoms with Crippen LogP contribution in [-0.2, 0) is 6.42 Å². The zero-order valence-corrected chi connectivity index (χ0v) is 10.1. The van der Waals surface area contributed by atoms with Crippen LogP contribution in [0.4, 0.5) is 0 Å². The topological polar surface area (TPSA) is 51.0 Å². The van der Waals surface area contributed by atoms with Gasteiger partial charge in [-0.3, -0.25) is 0 Å². The molecule has 4 rings (SSSR count). The number of nitrogens with zero attached hydrogens (tertiary/aromatic N) is 2. The van der Waals surface area contributed by atoms with Gasteiger partial charge in [0.25, 0.3) is 0 Å². The van der Waals surface area contributed by atoms with Gasteiger partial charge in [0.15, 0.2) is 5.82 Å². The van der Waals surface area contributed by atoms with Crippen molar-refractivity contribution in [2.24, 2.45) is 0 Å². The lowest BCUT2D eigenvalue weighted by Crippen LogP contribution is -2.19. The van der Waals surface area contributed by atoms with Crippen molar-refractivity contribution in [2.75, 3.05) is 6.54 Å². The summed E-state index contributed by atoms with van der Waals surface area (Å²) in [5.41, 5.74) is 2.74. The molecular formula is C14H15N3O. The highest BCUT2D eigenvalue weighted by atomic mass is 16.5. The monoisotopic (exact) mass is 241 g/mol. The number of hydrogen-bond donors (Lipinski definition) is 1. The molecule has 1 aliphatic carbocycles. The Morgan fingerprint density at radius 3 is 3.06 bits per heavy atom. The third-order valence-corrected chi connectivity index (χ3v) is 3.98. The largest absolute Gasteiger partial charge is 0.339 e. The predicted molar refractivity (Wildman–Crippen MR) is 66.3 cm³/mol. The van der Waals surface area contributed by atoms with Crippen molar-refractivity contribution in [1.82, 2.24) is 15.5 Å². The highest BCUT2D eigenvalue weighted by molar-refractivity contribution is 5.43. The fourth-order valence-corrected chi connectivity index (χ4v) is 2.91. The van der Waals surface area contributed by atoms with Crippen LogP contribution in [0.25, 0.3) is 0 Å². The summed E-state index contributed by atoms with van der Waals surface area (Å²) in [5.74, 6) is 1.91. The Labute approximate surface area is 105 Å². The fraction of sp³-hybridized carbons (Fsp3) is 0.429. The fourth-order valence-electron chi connectivity index (χ4n) is 2.91. The van der Waals surface area contributed by atoms with Gasteiger partial charge < -0.3 is 9.84 Å². The van der Waals surface area contributed by atoms with Crippen LogP contribution in [0.3, 0.4) is 0 Å². The Morgan fingerprint density at radius 1 is 1.28 bits per heavy atom. The van der Waals surface area contributed by atoms with Gasteiger partial charge in [-0.2, -0.15) is 4.98 Å². The zero-order chi connectivity index (χ0) is 11.9. The highest BCUT2D eigenvalue weighted by Crippen LogP contribution is 2.39. The second-order valence-electron chi connectivity index (χ2n) is 5.10. The molecule has 4 heteroatoms. The summed E-state index contributed by atoms with van der Waals surface area (Å²) in [6, 6.07) is 8.76. The summed E-state index contributed by atoms with van der Waals surface area (Å²) in [4.78, 5) is 4.57. The van der Waals surface area contributed by atoms with Crippen molar-refractivity contribution in [3.8, 4) is 0 Å². The van der Waals surface area contributed by atoms with Crippen molar-refractivity contribution in [3.05, 3.63) is 47.1 Å². The third-order valence-electron chi connectivity index (χ3n) is 3.98. The Bertz CT molecular complexity index is 572. The van der Waals surface area contributed by atoms with Gasteiger partial charge in [-0.25, -0.2) is 0 Å². The number of nitrogens with one attached hydrogen (secondary N) is 1.